The predicted molar refractivity (Wildman–Crippen MR) is 95.4 cm³/mol. The highest BCUT2D eigenvalue weighted by molar-refractivity contribution is 5.94. The van der Waals surface area contributed by atoms with Crippen molar-refractivity contribution in [3.63, 3.8) is 0 Å². The normalized spacial score (nSPS) is 16.8. The van der Waals surface area contributed by atoms with Gasteiger partial charge in [0.25, 0.3) is 5.91 Å². The number of benzene rings is 1. The highest BCUT2D eigenvalue weighted by Gasteiger charge is 2.27. The minimum atomic E-state index is 0.0777. The van der Waals surface area contributed by atoms with Crippen LogP contribution in [0, 0.1) is 0 Å². The van der Waals surface area contributed by atoms with Crippen LogP contribution in [0.25, 0.3) is 0 Å². The van der Waals surface area contributed by atoms with Crippen LogP contribution >= 0.6 is 0 Å². The van der Waals surface area contributed by atoms with Gasteiger partial charge in [-0.3, -0.25) is 9.69 Å². The van der Waals surface area contributed by atoms with Crippen LogP contribution < -0.4 is 0 Å². The van der Waals surface area contributed by atoms with E-state index in [2.05, 4.69) is 28.9 Å². The molecule has 2 heterocycles. The summed E-state index contributed by atoms with van der Waals surface area (Å²) in [5.41, 5.74) is 2.02. The maximum atomic E-state index is 12.7. The summed E-state index contributed by atoms with van der Waals surface area (Å²) in [6, 6.07) is 8.01. The molecule has 0 N–H and O–H groups in total. The van der Waals surface area contributed by atoms with E-state index >= 15 is 0 Å². The number of rotatable bonds is 5. The molecule has 6 nitrogen and oxygen atoms in total. The molecule has 2 aromatic rings. The van der Waals surface area contributed by atoms with Gasteiger partial charge in [0.1, 0.15) is 0 Å². The molecular formula is C19H26N4O2. The van der Waals surface area contributed by atoms with Crippen molar-refractivity contribution in [1.29, 1.82) is 0 Å². The number of hydrogen-bond donors (Lipinski definition) is 0. The summed E-state index contributed by atoms with van der Waals surface area (Å²) in [4.78, 5) is 21.3. The average molecular weight is 342 g/mol. The summed E-state index contributed by atoms with van der Waals surface area (Å²) >= 11 is 0. The van der Waals surface area contributed by atoms with E-state index in [1.165, 1.54) is 5.56 Å². The Labute approximate surface area is 148 Å². The Bertz CT molecular complexity index is 702. The Kier molecular flexibility index (Phi) is 5.48. The van der Waals surface area contributed by atoms with Crippen LogP contribution in [0.1, 0.15) is 54.4 Å². The fourth-order valence-electron chi connectivity index (χ4n) is 3.11. The third kappa shape index (κ3) is 3.90. The first kappa shape index (κ1) is 17.6. The maximum absolute atomic E-state index is 12.7. The van der Waals surface area contributed by atoms with E-state index in [0.29, 0.717) is 19.0 Å². The Morgan fingerprint density at radius 2 is 1.80 bits per heavy atom. The summed E-state index contributed by atoms with van der Waals surface area (Å²) < 4.78 is 5.35. The van der Waals surface area contributed by atoms with E-state index in [-0.39, 0.29) is 11.9 Å². The molecule has 1 aromatic carbocycles. The molecule has 0 radical (unpaired) electrons. The number of amides is 1. The number of aryl methyl sites for hydroxylation is 2. The number of piperazine rings is 1. The largest absolute Gasteiger partial charge is 0.338 e. The summed E-state index contributed by atoms with van der Waals surface area (Å²) in [5, 5.41) is 3.97. The fourth-order valence-corrected chi connectivity index (χ4v) is 3.11. The molecule has 6 heteroatoms. The zero-order valence-electron chi connectivity index (χ0n) is 15.2. The van der Waals surface area contributed by atoms with Crippen molar-refractivity contribution in [2.24, 2.45) is 0 Å². The molecule has 3 rings (SSSR count). The zero-order valence-corrected chi connectivity index (χ0v) is 15.2. The van der Waals surface area contributed by atoms with Crippen molar-refractivity contribution in [1.82, 2.24) is 19.9 Å². The molecule has 25 heavy (non-hydrogen) atoms. The monoisotopic (exact) mass is 342 g/mol. The Balaban J connectivity index is 1.58. The van der Waals surface area contributed by atoms with Gasteiger partial charge in [0, 0.05) is 38.2 Å². The lowest BCUT2D eigenvalue weighted by atomic mass is 10.1. The van der Waals surface area contributed by atoms with Crippen LogP contribution in [-0.4, -0.2) is 52.0 Å². The van der Waals surface area contributed by atoms with Gasteiger partial charge in [-0.1, -0.05) is 31.1 Å². The molecule has 1 saturated heterocycles. The first-order valence-electron chi connectivity index (χ1n) is 9.07. The van der Waals surface area contributed by atoms with E-state index in [1.54, 1.807) is 0 Å². The van der Waals surface area contributed by atoms with Crippen LogP contribution in [0.15, 0.2) is 28.8 Å². The standard InChI is InChI=1S/C19H26N4O2/c1-4-15-6-8-16(9-7-15)19(24)23-12-10-22(11-13-23)14(3)18-20-17(5-2)21-25-18/h6-9,14H,4-5,10-13H2,1-3H3/t14-/m1/s1. The van der Waals surface area contributed by atoms with Crippen molar-refractivity contribution >= 4 is 5.91 Å². The van der Waals surface area contributed by atoms with Gasteiger partial charge < -0.3 is 9.42 Å². The highest BCUT2D eigenvalue weighted by atomic mass is 16.5. The molecule has 1 amide bonds. The molecular weight excluding hydrogens is 316 g/mol. The van der Waals surface area contributed by atoms with Crippen LogP contribution in [-0.2, 0) is 12.8 Å². The van der Waals surface area contributed by atoms with Crippen molar-refractivity contribution < 1.29 is 9.32 Å². The number of carbonyl (C=O) groups is 1. The topological polar surface area (TPSA) is 62.5 Å². The van der Waals surface area contributed by atoms with Crippen LogP contribution in [0.5, 0.6) is 0 Å². The molecule has 1 aromatic heterocycles. The van der Waals surface area contributed by atoms with Gasteiger partial charge in [0.2, 0.25) is 5.89 Å². The van der Waals surface area contributed by atoms with Gasteiger partial charge in [0.05, 0.1) is 6.04 Å². The zero-order chi connectivity index (χ0) is 17.8. The Morgan fingerprint density at radius 3 is 2.36 bits per heavy atom. The van der Waals surface area contributed by atoms with Crippen molar-refractivity contribution in [3.05, 3.63) is 47.1 Å². The number of hydrogen-bond acceptors (Lipinski definition) is 5. The van der Waals surface area contributed by atoms with E-state index in [4.69, 9.17) is 4.52 Å². The minimum absolute atomic E-state index is 0.0777. The van der Waals surface area contributed by atoms with E-state index in [9.17, 15) is 4.79 Å². The number of nitrogens with zero attached hydrogens (tertiary/aromatic N) is 4. The van der Waals surface area contributed by atoms with Gasteiger partial charge in [-0.2, -0.15) is 4.98 Å². The quantitative estimate of drug-likeness (QED) is 0.836. The van der Waals surface area contributed by atoms with Crippen molar-refractivity contribution in [3.8, 4) is 0 Å². The van der Waals surface area contributed by atoms with Gasteiger partial charge in [0.15, 0.2) is 5.82 Å². The summed E-state index contributed by atoms with van der Waals surface area (Å²) in [6.45, 7) is 9.25. The first-order chi connectivity index (χ1) is 12.1. The molecule has 0 saturated carbocycles. The van der Waals surface area contributed by atoms with E-state index < -0.39 is 0 Å². The summed E-state index contributed by atoms with van der Waals surface area (Å²) in [5.74, 6) is 1.51. The molecule has 0 spiro atoms. The van der Waals surface area contributed by atoms with Crippen LogP contribution in [0.3, 0.4) is 0 Å². The number of carbonyl (C=O) groups excluding carboxylic acids is 1. The smallest absolute Gasteiger partial charge is 0.253 e. The third-order valence-electron chi connectivity index (χ3n) is 4.92. The third-order valence-corrected chi connectivity index (χ3v) is 4.92. The second-order valence-corrected chi connectivity index (χ2v) is 6.46. The van der Waals surface area contributed by atoms with Gasteiger partial charge in [-0.05, 0) is 31.0 Å². The van der Waals surface area contributed by atoms with Gasteiger partial charge in [-0.15, -0.1) is 0 Å². The lowest BCUT2D eigenvalue weighted by Gasteiger charge is -2.36. The summed E-state index contributed by atoms with van der Waals surface area (Å²) in [6.07, 6.45) is 1.76. The van der Waals surface area contributed by atoms with E-state index in [1.807, 2.05) is 36.1 Å². The highest BCUT2D eigenvalue weighted by Crippen LogP contribution is 2.21. The summed E-state index contributed by atoms with van der Waals surface area (Å²) in [7, 11) is 0. The average Bonchev–Trinajstić information content (AvgIpc) is 3.16. The van der Waals surface area contributed by atoms with E-state index in [0.717, 1.165) is 37.3 Å². The Hall–Kier alpha value is -2.21. The SMILES string of the molecule is CCc1ccc(C(=O)N2CCN([C@H](C)c3nc(CC)no3)CC2)cc1. The lowest BCUT2D eigenvalue weighted by molar-refractivity contribution is 0.0551. The molecule has 0 unspecified atom stereocenters. The molecule has 0 aliphatic carbocycles. The molecule has 1 aliphatic rings. The van der Waals surface area contributed by atoms with Gasteiger partial charge in [-0.25, -0.2) is 0 Å². The minimum Gasteiger partial charge on any atom is -0.338 e. The van der Waals surface area contributed by atoms with Gasteiger partial charge >= 0.3 is 0 Å². The van der Waals surface area contributed by atoms with Crippen molar-refractivity contribution in [2.75, 3.05) is 26.2 Å². The molecule has 1 fully saturated rings. The maximum Gasteiger partial charge on any atom is 0.253 e. The first-order valence-corrected chi connectivity index (χ1v) is 9.07. The predicted octanol–water partition coefficient (Wildman–Crippen LogP) is 2.71. The van der Waals surface area contributed by atoms with Crippen LogP contribution in [0.2, 0.25) is 0 Å². The second kappa shape index (κ2) is 7.78. The second-order valence-electron chi connectivity index (χ2n) is 6.46. The van der Waals surface area contributed by atoms with Crippen molar-refractivity contribution in [2.45, 2.75) is 39.7 Å². The lowest BCUT2D eigenvalue weighted by Crippen LogP contribution is -2.49. The molecule has 0 bridgehead atoms. The Morgan fingerprint density at radius 1 is 1.12 bits per heavy atom. The molecule has 1 atom stereocenters. The van der Waals surface area contributed by atoms with Crippen LogP contribution in [0.4, 0.5) is 0 Å². The fraction of sp³-hybridized carbons (Fsp3) is 0.526. The molecule has 1 aliphatic heterocycles. The molecule has 134 valence electrons. The number of aromatic nitrogens is 2.